The second-order valence-corrected chi connectivity index (χ2v) is 5.93. The zero-order valence-electron chi connectivity index (χ0n) is 12.8. The lowest BCUT2D eigenvalue weighted by Crippen LogP contribution is -2.50. The fourth-order valence-electron chi connectivity index (χ4n) is 3.14. The molecule has 4 atom stereocenters. The number of rotatable bonds is 2. The Hall–Kier alpha value is -2.10. The third kappa shape index (κ3) is 2.54. The van der Waals surface area contributed by atoms with Gasteiger partial charge in [-0.05, 0) is 19.4 Å². The molecule has 3 heterocycles. The highest BCUT2D eigenvalue weighted by Crippen LogP contribution is 2.42. The van der Waals surface area contributed by atoms with Crippen molar-refractivity contribution in [2.24, 2.45) is 5.92 Å². The van der Waals surface area contributed by atoms with Crippen LogP contribution in [0.15, 0.2) is 18.3 Å². The first kappa shape index (κ1) is 14.8. The van der Waals surface area contributed by atoms with E-state index in [4.69, 9.17) is 16.2 Å². The average Bonchev–Trinajstić information content (AvgIpc) is 2.87. The monoisotopic (exact) mass is 299 g/mol. The van der Waals surface area contributed by atoms with Crippen molar-refractivity contribution < 1.29 is 4.74 Å². The van der Waals surface area contributed by atoms with E-state index < -0.39 is 0 Å². The summed E-state index contributed by atoms with van der Waals surface area (Å²) >= 11 is 0. The maximum absolute atomic E-state index is 6.23. The van der Waals surface area contributed by atoms with E-state index in [1.54, 1.807) is 6.20 Å². The van der Waals surface area contributed by atoms with Crippen LogP contribution in [-0.4, -0.2) is 34.8 Å². The number of nitrogen functional groups attached to an aromatic ring is 2. The number of hydrogen-bond acceptors (Lipinski definition) is 6. The molecule has 0 aromatic carbocycles. The minimum atomic E-state index is -0.297. The molecule has 2 aliphatic heterocycles. The van der Waals surface area contributed by atoms with Crippen LogP contribution in [0.2, 0.25) is 0 Å². The van der Waals surface area contributed by atoms with Crippen LogP contribution in [0.4, 0.5) is 11.8 Å². The fraction of sp³-hybridized carbons (Fsp3) is 0.500. The van der Waals surface area contributed by atoms with Crippen molar-refractivity contribution in [2.75, 3.05) is 18.5 Å². The Morgan fingerprint density at radius 1 is 1.50 bits per heavy atom. The van der Waals surface area contributed by atoms with Gasteiger partial charge in [0.05, 0.1) is 17.9 Å². The van der Waals surface area contributed by atoms with Crippen molar-refractivity contribution >= 4 is 11.8 Å². The Labute approximate surface area is 130 Å². The predicted molar refractivity (Wildman–Crippen MR) is 85.7 cm³/mol. The summed E-state index contributed by atoms with van der Waals surface area (Å²) in [6.07, 6.45) is 7.69. The van der Waals surface area contributed by atoms with Gasteiger partial charge in [-0.2, -0.15) is 4.98 Å². The van der Waals surface area contributed by atoms with Gasteiger partial charge in [0.2, 0.25) is 5.95 Å². The highest BCUT2D eigenvalue weighted by atomic mass is 16.5. The first-order chi connectivity index (χ1) is 10.5. The van der Waals surface area contributed by atoms with Crippen LogP contribution in [0.3, 0.4) is 0 Å². The van der Waals surface area contributed by atoms with Crippen LogP contribution in [0, 0.1) is 17.8 Å². The van der Waals surface area contributed by atoms with E-state index in [1.807, 2.05) is 7.05 Å². The number of nitrogens with one attached hydrogen (secondary N) is 1. The van der Waals surface area contributed by atoms with Crippen molar-refractivity contribution in [3.8, 4) is 11.8 Å². The number of anilines is 2. The number of ether oxygens (including phenoxy) is 1. The van der Waals surface area contributed by atoms with Gasteiger partial charge < -0.3 is 21.5 Å². The lowest BCUT2D eigenvalue weighted by molar-refractivity contribution is -0.104. The molecular formula is C16H21N5O. The molecule has 1 fully saturated rings. The van der Waals surface area contributed by atoms with Gasteiger partial charge in [0, 0.05) is 12.5 Å². The SMILES string of the molecule is CNC1CC(C)C2(CC#Cc3cnc(N)nc3N)C=CC1O2. The van der Waals surface area contributed by atoms with E-state index in [0.717, 1.165) is 6.42 Å². The van der Waals surface area contributed by atoms with Crippen molar-refractivity contribution in [3.63, 3.8) is 0 Å². The number of fused-ring (bicyclic) bond motifs is 2. The van der Waals surface area contributed by atoms with Crippen molar-refractivity contribution in [3.05, 3.63) is 23.9 Å². The molecule has 5 N–H and O–H groups in total. The molecule has 1 saturated heterocycles. The molecule has 0 spiro atoms. The van der Waals surface area contributed by atoms with Gasteiger partial charge in [0.15, 0.2) is 0 Å². The minimum absolute atomic E-state index is 0.132. The van der Waals surface area contributed by atoms with Crippen molar-refractivity contribution in [1.82, 2.24) is 15.3 Å². The second kappa shape index (κ2) is 5.59. The van der Waals surface area contributed by atoms with E-state index in [9.17, 15) is 0 Å². The zero-order chi connectivity index (χ0) is 15.7. The zero-order valence-corrected chi connectivity index (χ0v) is 12.8. The summed E-state index contributed by atoms with van der Waals surface area (Å²) in [6, 6.07) is 0.371. The Morgan fingerprint density at radius 2 is 2.32 bits per heavy atom. The molecule has 1 aromatic heterocycles. The van der Waals surface area contributed by atoms with Crippen LogP contribution in [-0.2, 0) is 4.74 Å². The number of likely N-dealkylation sites (N-methyl/N-ethyl adjacent to an activating group) is 1. The van der Waals surface area contributed by atoms with Crippen LogP contribution >= 0.6 is 0 Å². The van der Waals surface area contributed by atoms with E-state index in [1.165, 1.54) is 0 Å². The molecule has 2 bridgehead atoms. The van der Waals surface area contributed by atoms with Gasteiger partial charge in [-0.3, -0.25) is 0 Å². The first-order valence-corrected chi connectivity index (χ1v) is 7.45. The number of aromatic nitrogens is 2. The molecule has 0 saturated carbocycles. The van der Waals surface area contributed by atoms with Crippen LogP contribution in [0.1, 0.15) is 25.3 Å². The second-order valence-electron chi connectivity index (χ2n) is 5.93. The predicted octanol–water partition coefficient (Wildman–Crippen LogP) is 0.704. The number of nitrogens with zero attached hydrogens (tertiary/aromatic N) is 2. The minimum Gasteiger partial charge on any atom is -0.382 e. The Kier molecular flexibility index (Phi) is 3.77. The standard InChI is InChI=1S/C16H21N5O/c1-10-8-12(19-2)13-5-7-16(10,22-13)6-3-4-11-9-20-15(18)21-14(11)17/h5,7,9-10,12-13,19H,6,8H2,1-2H3,(H4,17,18,20,21). The number of hydrogen-bond donors (Lipinski definition) is 3. The third-order valence-electron chi connectivity index (χ3n) is 4.56. The molecule has 0 radical (unpaired) electrons. The lowest BCUT2D eigenvalue weighted by Gasteiger charge is -2.42. The van der Waals surface area contributed by atoms with Gasteiger partial charge in [-0.15, -0.1) is 0 Å². The Morgan fingerprint density at radius 3 is 3.05 bits per heavy atom. The Bertz CT molecular complexity index is 662. The van der Waals surface area contributed by atoms with Gasteiger partial charge in [-0.1, -0.05) is 30.9 Å². The van der Waals surface area contributed by atoms with E-state index in [2.05, 4.69) is 46.2 Å². The maximum atomic E-state index is 6.23. The fourth-order valence-corrected chi connectivity index (χ4v) is 3.14. The first-order valence-electron chi connectivity index (χ1n) is 7.45. The molecule has 4 unspecified atom stereocenters. The molecule has 116 valence electrons. The average molecular weight is 299 g/mol. The molecule has 1 aromatic rings. The maximum Gasteiger partial charge on any atom is 0.221 e. The summed E-state index contributed by atoms with van der Waals surface area (Å²) in [5.74, 6) is 7.06. The quantitative estimate of drug-likeness (QED) is 0.549. The van der Waals surface area contributed by atoms with Gasteiger partial charge in [0.1, 0.15) is 11.4 Å². The molecule has 0 amide bonds. The molecule has 2 aliphatic rings. The summed E-state index contributed by atoms with van der Waals surface area (Å²) in [6.45, 7) is 2.21. The molecule has 3 rings (SSSR count). The third-order valence-corrected chi connectivity index (χ3v) is 4.56. The smallest absolute Gasteiger partial charge is 0.221 e. The highest BCUT2D eigenvalue weighted by Gasteiger charge is 2.47. The molecule has 22 heavy (non-hydrogen) atoms. The van der Waals surface area contributed by atoms with E-state index in [0.29, 0.717) is 29.8 Å². The van der Waals surface area contributed by atoms with Gasteiger partial charge in [0.25, 0.3) is 0 Å². The van der Waals surface area contributed by atoms with E-state index in [-0.39, 0.29) is 17.7 Å². The Balaban J connectivity index is 1.75. The van der Waals surface area contributed by atoms with Crippen LogP contribution in [0.5, 0.6) is 0 Å². The number of nitrogens with two attached hydrogens (primary N) is 2. The highest BCUT2D eigenvalue weighted by molar-refractivity contribution is 5.51. The normalized spacial score (nSPS) is 32.5. The summed E-state index contributed by atoms with van der Waals surface area (Å²) in [4.78, 5) is 7.83. The topological polar surface area (TPSA) is 99.1 Å². The molecule has 0 aliphatic carbocycles. The summed E-state index contributed by atoms with van der Waals surface area (Å²) in [7, 11) is 1.98. The van der Waals surface area contributed by atoms with Crippen LogP contribution in [0.25, 0.3) is 0 Å². The van der Waals surface area contributed by atoms with E-state index >= 15 is 0 Å². The molecular weight excluding hydrogens is 278 g/mol. The largest absolute Gasteiger partial charge is 0.382 e. The summed E-state index contributed by atoms with van der Waals surface area (Å²) in [5.41, 5.74) is 11.6. The summed E-state index contributed by atoms with van der Waals surface area (Å²) < 4.78 is 6.23. The van der Waals surface area contributed by atoms with Crippen LogP contribution < -0.4 is 16.8 Å². The van der Waals surface area contributed by atoms with Crippen molar-refractivity contribution in [1.29, 1.82) is 0 Å². The lowest BCUT2D eigenvalue weighted by atomic mass is 9.81. The van der Waals surface area contributed by atoms with Gasteiger partial charge in [-0.25, -0.2) is 4.98 Å². The summed E-state index contributed by atoms with van der Waals surface area (Å²) in [5, 5.41) is 3.32. The van der Waals surface area contributed by atoms with Gasteiger partial charge >= 0.3 is 0 Å². The molecule has 6 nitrogen and oxygen atoms in total. The molecule has 6 heteroatoms. The van der Waals surface area contributed by atoms with Crippen molar-refractivity contribution in [2.45, 2.75) is 37.5 Å².